The number of carbonyl (C=O) groups is 1. The van der Waals surface area contributed by atoms with E-state index in [1.807, 2.05) is 46.9 Å². The first-order chi connectivity index (χ1) is 13.5. The van der Waals surface area contributed by atoms with Crippen LogP contribution in [-0.4, -0.2) is 30.7 Å². The number of fused-ring (bicyclic) bond motifs is 3. The molecule has 2 aromatic heterocycles. The second-order valence-corrected chi connectivity index (χ2v) is 7.93. The lowest BCUT2D eigenvalue weighted by atomic mass is 10.0. The van der Waals surface area contributed by atoms with E-state index in [-0.39, 0.29) is 17.1 Å². The van der Waals surface area contributed by atoms with Crippen LogP contribution in [0, 0.1) is 0 Å². The number of carbonyl (C=O) groups excluding carboxylic acids is 1. The molecule has 0 radical (unpaired) electrons. The quantitative estimate of drug-likeness (QED) is 0.383. The third-order valence-electron chi connectivity index (χ3n) is 4.83. The second-order valence-electron chi connectivity index (χ2n) is 6.99. The highest BCUT2D eigenvalue weighted by atomic mass is 32.2. The van der Waals surface area contributed by atoms with Gasteiger partial charge in [-0.05, 0) is 23.6 Å². The summed E-state index contributed by atoms with van der Waals surface area (Å²) in [6.45, 7) is 4.25. The van der Waals surface area contributed by atoms with E-state index in [2.05, 4.69) is 24.0 Å². The van der Waals surface area contributed by atoms with Gasteiger partial charge in [-0.25, -0.2) is 0 Å². The molecule has 0 bridgehead atoms. The van der Waals surface area contributed by atoms with E-state index in [9.17, 15) is 9.59 Å². The summed E-state index contributed by atoms with van der Waals surface area (Å²) in [4.78, 5) is 25.1. The van der Waals surface area contributed by atoms with E-state index in [1.165, 1.54) is 21.9 Å². The molecule has 4 rings (SSSR count). The average Bonchev–Trinajstić information content (AvgIpc) is 3.14. The molecule has 0 aliphatic rings. The zero-order chi connectivity index (χ0) is 19.8. The summed E-state index contributed by atoms with van der Waals surface area (Å²) >= 11 is 1.32. The molecule has 0 saturated heterocycles. The Bertz CT molecular complexity index is 1240. The third kappa shape index (κ3) is 3.11. The van der Waals surface area contributed by atoms with E-state index in [0.717, 1.165) is 5.52 Å². The number of hydrogen-bond donors (Lipinski definition) is 0. The lowest BCUT2D eigenvalue weighted by Gasteiger charge is -2.08. The van der Waals surface area contributed by atoms with Crippen molar-refractivity contribution in [3.05, 3.63) is 70.0 Å². The van der Waals surface area contributed by atoms with E-state index in [4.69, 9.17) is 0 Å². The van der Waals surface area contributed by atoms with Crippen LogP contribution in [0.15, 0.2) is 58.5 Å². The van der Waals surface area contributed by atoms with Crippen LogP contribution < -0.4 is 5.56 Å². The number of benzene rings is 2. The van der Waals surface area contributed by atoms with Crippen molar-refractivity contribution in [2.75, 3.05) is 5.75 Å². The lowest BCUT2D eigenvalue weighted by Crippen LogP contribution is -2.20. The number of para-hydroxylation sites is 1. The Hall–Kier alpha value is -2.93. The molecule has 0 atom stereocenters. The molecule has 0 N–H and O–H groups in total. The molecule has 0 amide bonds. The summed E-state index contributed by atoms with van der Waals surface area (Å²) in [6.07, 6.45) is 0. The molecule has 0 fully saturated rings. The van der Waals surface area contributed by atoms with Gasteiger partial charge in [0.15, 0.2) is 10.9 Å². The lowest BCUT2D eigenvalue weighted by molar-refractivity contribution is 0.102. The van der Waals surface area contributed by atoms with Crippen LogP contribution in [-0.2, 0) is 7.05 Å². The van der Waals surface area contributed by atoms with Gasteiger partial charge in [0, 0.05) is 12.6 Å². The summed E-state index contributed by atoms with van der Waals surface area (Å²) in [5, 5.41) is 9.55. The van der Waals surface area contributed by atoms with Crippen molar-refractivity contribution in [2.24, 2.45) is 7.05 Å². The number of thioether (sulfide) groups is 1. The molecule has 7 heteroatoms. The Labute approximate surface area is 166 Å². The third-order valence-corrected chi connectivity index (χ3v) is 5.76. The molecule has 6 nitrogen and oxygen atoms in total. The number of nitrogens with zero attached hydrogens (tertiary/aromatic N) is 4. The second kappa shape index (κ2) is 7.24. The van der Waals surface area contributed by atoms with Gasteiger partial charge in [-0.2, -0.15) is 0 Å². The van der Waals surface area contributed by atoms with Gasteiger partial charge in [0.05, 0.1) is 16.7 Å². The summed E-state index contributed by atoms with van der Waals surface area (Å²) in [7, 11) is 1.68. The van der Waals surface area contributed by atoms with E-state index < -0.39 is 0 Å². The molecule has 2 aromatic carbocycles. The molecule has 28 heavy (non-hydrogen) atoms. The molecule has 0 aliphatic heterocycles. The Kier molecular flexibility index (Phi) is 4.77. The van der Waals surface area contributed by atoms with Crippen molar-refractivity contribution < 1.29 is 4.79 Å². The Morgan fingerprint density at radius 2 is 1.79 bits per heavy atom. The first-order valence-corrected chi connectivity index (χ1v) is 10.0. The van der Waals surface area contributed by atoms with Gasteiger partial charge < -0.3 is 0 Å². The first kappa shape index (κ1) is 18.4. The number of rotatable bonds is 5. The van der Waals surface area contributed by atoms with Gasteiger partial charge in [0.25, 0.3) is 5.56 Å². The summed E-state index contributed by atoms with van der Waals surface area (Å²) in [5.74, 6) is 1.17. The Balaban J connectivity index is 1.65. The van der Waals surface area contributed by atoms with E-state index >= 15 is 0 Å². The number of hydrogen-bond acceptors (Lipinski definition) is 5. The highest BCUT2D eigenvalue weighted by Crippen LogP contribution is 2.22. The predicted octanol–water partition coefficient (Wildman–Crippen LogP) is 3.68. The minimum absolute atomic E-state index is 0.0335. The maximum absolute atomic E-state index is 12.6. The van der Waals surface area contributed by atoms with Crippen LogP contribution in [0.3, 0.4) is 0 Å². The Morgan fingerprint density at radius 1 is 1.07 bits per heavy atom. The van der Waals surface area contributed by atoms with Crippen molar-refractivity contribution in [1.82, 2.24) is 19.2 Å². The zero-order valence-electron chi connectivity index (χ0n) is 15.9. The maximum atomic E-state index is 12.6. The molecular weight excluding hydrogens is 372 g/mol. The van der Waals surface area contributed by atoms with Crippen LogP contribution in [0.5, 0.6) is 0 Å². The van der Waals surface area contributed by atoms with Gasteiger partial charge in [-0.3, -0.25) is 18.6 Å². The summed E-state index contributed by atoms with van der Waals surface area (Å²) in [6, 6.07) is 15.1. The van der Waals surface area contributed by atoms with E-state index in [0.29, 0.717) is 27.8 Å². The highest BCUT2D eigenvalue weighted by molar-refractivity contribution is 7.99. The zero-order valence-corrected chi connectivity index (χ0v) is 16.7. The number of aryl methyl sites for hydroxylation is 1. The molecule has 4 aromatic rings. The van der Waals surface area contributed by atoms with Crippen molar-refractivity contribution in [3.8, 4) is 0 Å². The molecular formula is C21H20N4O2S. The maximum Gasteiger partial charge on any atom is 0.262 e. The fourth-order valence-corrected chi connectivity index (χ4v) is 4.01. The molecule has 0 spiro atoms. The van der Waals surface area contributed by atoms with Gasteiger partial charge >= 0.3 is 0 Å². The van der Waals surface area contributed by atoms with Crippen molar-refractivity contribution in [3.63, 3.8) is 0 Å². The molecule has 0 saturated carbocycles. The van der Waals surface area contributed by atoms with Crippen LogP contribution in [0.1, 0.15) is 35.7 Å². The van der Waals surface area contributed by atoms with Gasteiger partial charge in [-0.15, -0.1) is 10.2 Å². The molecule has 142 valence electrons. The fourth-order valence-electron chi connectivity index (χ4n) is 3.17. The van der Waals surface area contributed by atoms with E-state index in [1.54, 1.807) is 13.1 Å². The fraction of sp³-hybridized carbons (Fsp3) is 0.238. The van der Waals surface area contributed by atoms with Crippen molar-refractivity contribution in [2.45, 2.75) is 24.9 Å². The number of ketones is 1. The monoisotopic (exact) mass is 392 g/mol. The van der Waals surface area contributed by atoms with Crippen molar-refractivity contribution >= 4 is 34.2 Å². The standard InChI is InChI=1S/C21H20N4O2S/c1-13(2)14-8-10-15(11-9-14)18(26)12-28-21-23-22-20-24(3)19(27)16-6-4-5-7-17(16)25(20)21/h4-11,13H,12H2,1-3H3. The molecule has 2 heterocycles. The van der Waals surface area contributed by atoms with Crippen LogP contribution in [0.4, 0.5) is 0 Å². The minimum atomic E-state index is -0.117. The minimum Gasteiger partial charge on any atom is -0.293 e. The highest BCUT2D eigenvalue weighted by Gasteiger charge is 2.16. The van der Waals surface area contributed by atoms with Crippen LogP contribution >= 0.6 is 11.8 Å². The van der Waals surface area contributed by atoms with Crippen LogP contribution in [0.25, 0.3) is 16.7 Å². The Morgan fingerprint density at radius 3 is 2.50 bits per heavy atom. The number of Topliss-reactive ketones (excluding diaryl/α,β-unsaturated/α-hetero) is 1. The van der Waals surface area contributed by atoms with Gasteiger partial charge in [-0.1, -0.05) is 62.0 Å². The molecule has 0 unspecified atom stereocenters. The number of aromatic nitrogens is 4. The first-order valence-electron chi connectivity index (χ1n) is 9.06. The van der Waals surface area contributed by atoms with Crippen molar-refractivity contribution in [1.29, 1.82) is 0 Å². The van der Waals surface area contributed by atoms with Gasteiger partial charge in [0.1, 0.15) is 0 Å². The normalized spacial score (nSPS) is 11.6. The topological polar surface area (TPSA) is 69.3 Å². The SMILES string of the molecule is CC(C)c1ccc(C(=O)CSc2nnc3n(C)c(=O)c4ccccc4n23)cc1. The predicted molar refractivity (Wildman–Crippen MR) is 111 cm³/mol. The largest absolute Gasteiger partial charge is 0.293 e. The average molecular weight is 392 g/mol. The smallest absolute Gasteiger partial charge is 0.262 e. The summed E-state index contributed by atoms with van der Waals surface area (Å²) in [5.41, 5.74) is 2.51. The van der Waals surface area contributed by atoms with Crippen LogP contribution in [0.2, 0.25) is 0 Å². The molecule has 0 aliphatic carbocycles. The summed E-state index contributed by atoms with van der Waals surface area (Å²) < 4.78 is 3.31. The van der Waals surface area contributed by atoms with Gasteiger partial charge in [0.2, 0.25) is 5.78 Å².